The Kier molecular flexibility index (Phi) is 9.64. The summed E-state index contributed by atoms with van der Waals surface area (Å²) < 4.78 is 0. The zero-order chi connectivity index (χ0) is 19.7. The van der Waals surface area contributed by atoms with E-state index in [1.165, 1.54) is 6.92 Å². The van der Waals surface area contributed by atoms with Gasteiger partial charge in [0.2, 0.25) is 17.7 Å². The smallest absolute Gasteiger partial charge is 0.326 e. The van der Waals surface area contributed by atoms with Crippen molar-refractivity contribution in [2.75, 3.05) is 13.2 Å². The van der Waals surface area contributed by atoms with Gasteiger partial charge in [-0.25, -0.2) is 4.79 Å². The van der Waals surface area contributed by atoms with Crippen LogP contribution in [0, 0.1) is 5.92 Å². The van der Waals surface area contributed by atoms with Crippen LogP contribution in [0.1, 0.15) is 20.8 Å². The van der Waals surface area contributed by atoms with Gasteiger partial charge in [0.15, 0.2) is 0 Å². The van der Waals surface area contributed by atoms with Crippen LogP contribution in [0.15, 0.2) is 0 Å². The highest BCUT2D eigenvalue weighted by Gasteiger charge is 2.31. The van der Waals surface area contributed by atoms with E-state index in [2.05, 4.69) is 16.0 Å². The number of hydrogen-bond donors (Lipinski definition) is 7. The first kappa shape index (κ1) is 22.8. The molecule has 0 saturated heterocycles. The lowest BCUT2D eigenvalue weighted by atomic mass is 10.0. The van der Waals surface area contributed by atoms with E-state index < -0.39 is 67.0 Å². The molecule has 144 valence electrons. The topological polar surface area (TPSA) is 191 Å². The number of aliphatic hydroxyl groups is 2. The lowest BCUT2D eigenvalue weighted by molar-refractivity contribution is -0.144. The monoisotopic (exact) mass is 362 g/mol. The molecule has 4 atom stereocenters. The van der Waals surface area contributed by atoms with Crippen molar-refractivity contribution in [2.45, 2.75) is 45.0 Å². The third kappa shape index (κ3) is 7.92. The normalized spacial score (nSPS) is 15.6. The van der Waals surface area contributed by atoms with Gasteiger partial charge in [-0.3, -0.25) is 14.4 Å². The average Bonchev–Trinajstić information content (AvgIpc) is 2.53. The third-order valence-corrected chi connectivity index (χ3v) is 3.27. The summed E-state index contributed by atoms with van der Waals surface area (Å²) in [5.41, 5.74) is 5.26. The van der Waals surface area contributed by atoms with Crippen LogP contribution in [0.25, 0.3) is 0 Å². The van der Waals surface area contributed by atoms with Crippen LogP contribution < -0.4 is 21.7 Å². The van der Waals surface area contributed by atoms with E-state index in [0.29, 0.717) is 0 Å². The van der Waals surface area contributed by atoms with Crippen molar-refractivity contribution >= 4 is 23.7 Å². The predicted octanol–water partition coefficient (Wildman–Crippen LogP) is -3.49. The number of rotatable bonds is 10. The quantitative estimate of drug-likeness (QED) is 0.208. The molecule has 0 aromatic carbocycles. The SMILES string of the molecule is CC(C)C(NC(=O)C(NC(=O)CNC(=O)C(N)CO)C(C)O)C(=O)O. The summed E-state index contributed by atoms with van der Waals surface area (Å²) in [6, 6.07) is -3.78. The molecule has 0 aliphatic rings. The van der Waals surface area contributed by atoms with Crippen molar-refractivity contribution in [3.63, 3.8) is 0 Å². The van der Waals surface area contributed by atoms with Gasteiger partial charge in [-0.05, 0) is 12.8 Å². The Bertz CT molecular complexity index is 496. The molecular weight excluding hydrogens is 336 g/mol. The summed E-state index contributed by atoms with van der Waals surface area (Å²) in [6.45, 7) is 3.30. The highest BCUT2D eigenvalue weighted by molar-refractivity contribution is 5.92. The molecule has 4 unspecified atom stereocenters. The number of carbonyl (C=O) groups excluding carboxylic acids is 3. The summed E-state index contributed by atoms with van der Waals surface area (Å²) in [5, 5.41) is 34.0. The molecule has 0 saturated carbocycles. The van der Waals surface area contributed by atoms with Crippen LogP contribution in [0.3, 0.4) is 0 Å². The molecule has 0 bridgehead atoms. The lowest BCUT2D eigenvalue weighted by Gasteiger charge is -2.25. The van der Waals surface area contributed by atoms with Crippen molar-refractivity contribution < 1.29 is 34.5 Å². The third-order valence-electron chi connectivity index (χ3n) is 3.27. The Morgan fingerprint density at radius 3 is 1.96 bits per heavy atom. The molecule has 0 fully saturated rings. The van der Waals surface area contributed by atoms with Crippen LogP contribution in [-0.2, 0) is 19.2 Å². The zero-order valence-corrected chi connectivity index (χ0v) is 14.4. The molecule has 11 nitrogen and oxygen atoms in total. The standard InChI is InChI=1S/C14H26N4O7/c1-6(2)10(14(24)25)18-13(23)11(7(3)20)17-9(21)4-16-12(22)8(15)5-19/h6-8,10-11,19-20H,4-5,15H2,1-3H3,(H,16,22)(H,17,21)(H,18,23)(H,24,25). The van der Waals surface area contributed by atoms with Crippen LogP contribution in [0.5, 0.6) is 0 Å². The number of nitrogens with one attached hydrogen (secondary N) is 3. The van der Waals surface area contributed by atoms with Crippen LogP contribution >= 0.6 is 0 Å². The largest absolute Gasteiger partial charge is 0.480 e. The second kappa shape index (κ2) is 10.6. The Morgan fingerprint density at radius 1 is 1.00 bits per heavy atom. The second-order valence-electron chi connectivity index (χ2n) is 5.86. The number of nitrogens with two attached hydrogens (primary N) is 1. The van der Waals surface area contributed by atoms with Gasteiger partial charge in [-0.1, -0.05) is 13.8 Å². The Balaban J connectivity index is 4.79. The molecule has 0 spiro atoms. The number of carboxylic acid groups (broad SMARTS) is 1. The van der Waals surface area contributed by atoms with Crippen molar-refractivity contribution in [3.05, 3.63) is 0 Å². The van der Waals surface area contributed by atoms with Crippen molar-refractivity contribution in [2.24, 2.45) is 11.7 Å². The highest BCUT2D eigenvalue weighted by Crippen LogP contribution is 2.03. The number of hydrogen-bond acceptors (Lipinski definition) is 7. The van der Waals surface area contributed by atoms with E-state index in [1.54, 1.807) is 13.8 Å². The maximum Gasteiger partial charge on any atom is 0.326 e. The zero-order valence-electron chi connectivity index (χ0n) is 14.4. The van der Waals surface area contributed by atoms with Crippen molar-refractivity contribution in [3.8, 4) is 0 Å². The van der Waals surface area contributed by atoms with E-state index in [1.807, 2.05) is 0 Å². The average molecular weight is 362 g/mol. The number of carboxylic acids is 1. The first-order valence-corrected chi connectivity index (χ1v) is 7.66. The van der Waals surface area contributed by atoms with Gasteiger partial charge in [0.25, 0.3) is 0 Å². The number of carbonyl (C=O) groups is 4. The fourth-order valence-corrected chi connectivity index (χ4v) is 1.77. The van der Waals surface area contributed by atoms with E-state index >= 15 is 0 Å². The number of aliphatic carboxylic acids is 1. The number of aliphatic hydroxyl groups excluding tert-OH is 2. The fourth-order valence-electron chi connectivity index (χ4n) is 1.77. The van der Waals surface area contributed by atoms with Crippen molar-refractivity contribution in [1.29, 1.82) is 0 Å². The Hall–Kier alpha value is -2.24. The maximum absolute atomic E-state index is 12.1. The summed E-state index contributed by atoms with van der Waals surface area (Å²) >= 11 is 0. The molecular formula is C14H26N4O7. The molecule has 0 radical (unpaired) electrons. The predicted molar refractivity (Wildman–Crippen MR) is 86.1 cm³/mol. The van der Waals surface area contributed by atoms with Crippen LogP contribution in [-0.4, -0.2) is 76.4 Å². The first-order chi connectivity index (χ1) is 11.5. The summed E-state index contributed by atoms with van der Waals surface area (Å²) in [6.07, 6.45) is -1.30. The Morgan fingerprint density at radius 2 is 1.56 bits per heavy atom. The first-order valence-electron chi connectivity index (χ1n) is 7.66. The van der Waals surface area contributed by atoms with E-state index in [0.717, 1.165) is 0 Å². The highest BCUT2D eigenvalue weighted by atomic mass is 16.4. The summed E-state index contributed by atoms with van der Waals surface area (Å²) in [5.74, 6) is -4.09. The molecule has 0 aliphatic carbocycles. The van der Waals surface area contributed by atoms with Gasteiger partial charge in [-0.2, -0.15) is 0 Å². The van der Waals surface area contributed by atoms with Gasteiger partial charge < -0.3 is 37.0 Å². The molecule has 8 N–H and O–H groups in total. The van der Waals surface area contributed by atoms with Gasteiger partial charge >= 0.3 is 5.97 Å². The fraction of sp³-hybridized carbons (Fsp3) is 0.714. The van der Waals surface area contributed by atoms with E-state index in [4.69, 9.17) is 15.9 Å². The summed E-state index contributed by atoms with van der Waals surface area (Å²) in [7, 11) is 0. The van der Waals surface area contributed by atoms with Gasteiger partial charge in [0.05, 0.1) is 19.3 Å². The van der Waals surface area contributed by atoms with Gasteiger partial charge in [0, 0.05) is 0 Å². The summed E-state index contributed by atoms with van der Waals surface area (Å²) in [4.78, 5) is 46.4. The molecule has 3 amide bonds. The second-order valence-corrected chi connectivity index (χ2v) is 5.86. The van der Waals surface area contributed by atoms with Gasteiger partial charge in [0.1, 0.15) is 18.1 Å². The molecule has 25 heavy (non-hydrogen) atoms. The Labute approximate surface area is 145 Å². The molecule has 11 heteroatoms. The molecule has 0 heterocycles. The molecule has 0 aliphatic heterocycles. The minimum atomic E-state index is -1.41. The van der Waals surface area contributed by atoms with Gasteiger partial charge in [-0.15, -0.1) is 0 Å². The minimum Gasteiger partial charge on any atom is -0.480 e. The number of amides is 3. The molecule has 0 aromatic rings. The minimum absolute atomic E-state index is 0.411. The maximum atomic E-state index is 12.1. The van der Waals surface area contributed by atoms with E-state index in [-0.39, 0.29) is 0 Å². The van der Waals surface area contributed by atoms with E-state index in [9.17, 15) is 24.3 Å². The van der Waals surface area contributed by atoms with Crippen molar-refractivity contribution in [1.82, 2.24) is 16.0 Å². The van der Waals surface area contributed by atoms with Crippen LogP contribution in [0.4, 0.5) is 0 Å². The van der Waals surface area contributed by atoms with Crippen LogP contribution in [0.2, 0.25) is 0 Å². The molecule has 0 aromatic heterocycles. The molecule has 0 rings (SSSR count). The lowest BCUT2D eigenvalue weighted by Crippen LogP contribution is -2.58.